The van der Waals surface area contributed by atoms with Crippen molar-refractivity contribution in [2.45, 2.75) is 103 Å². The van der Waals surface area contributed by atoms with Crippen molar-refractivity contribution in [1.29, 1.82) is 0 Å². The molecule has 0 aromatic heterocycles. The van der Waals surface area contributed by atoms with E-state index in [9.17, 15) is 10.2 Å². The predicted molar refractivity (Wildman–Crippen MR) is 109 cm³/mol. The number of hydrogen-bond donors (Lipinski definition) is 2. The van der Waals surface area contributed by atoms with Crippen LogP contribution in [0.15, 0.2) is 0 Å². The smallest absolute Gasteiger partial charge is 0.0683 e. The van der Waals surface area contributed by atoms with Gasteiger partial charge in [0.1, 0.15) is 0 Å². The number of aliphatic hydroxyl groups excluding tert-OH is 2. The van der Waals surface area contributed by atoms with Crippen molar-refractivity contribution in [1.82, 2.24) is 9.80 Å². The summed E-state index contributed by atoms with van der Waals surface area (Å²) in [5.74, 6) is 0. The SMILES string of the molecule is CC(C)(C)CN(CCCCCCN1CC(O)CC1CO)C1CCCCC1. The van der Waals surface area contributed by atoms with Crippen LogP contribution in [0.5, 0.6) is 0 Å². The molecule has 2 aliphatic rings. The van der Waals surface area contributed by atoms with E-state index in [1.165, 1.54) is 70.9 Å². The zero-order valence-electron chi connectivity index (χ0n) is 17.6. The van der Waals surface area contributed by atoms with Gasteiger partial charge in [0.2, 0.25) is 0 Å². The highest BCUT2D eigenvalue weighted by Gasteiger charge is 2.29. The number of β-amino-alcohol motifs (C(OH)–C–C–N with tert-alkyl or cyclic N) is 1. The van der Waals surface area contributed by atoms with Gasteiger partial charge in [0.25, 0.3) is 0 Å². The molecule has 2 fully saturated rings. The van der Waals surface area contributed by atoms with Crippen molar-refractivity contribution in [3.8, 4) is 0 Å². The lowest BCUT2D eigenvalue weighted by atomic mass is 9.90. The van der Waals surface area contributed by atoms with Crippen LogP contribution in [0, 0.1) is 5.41 Å². The van der Waals surface area contributed by atoms with Crippen LogP contribution in [-0.4, -0.2) is 71.0 Å². The highest BCUT2D eigenvalue weighted by atomic mass is 16.3. The minimum Gasteiger partial charge on any atom is -0.395 e. The monoisotopic (exact) mass is 368 g/mol. The molecule has 1 saturated heterocycles. The van der Waals surface area contributed by atoms with Gasteiger partial charge in [0.05, 0.1) is 12.7 Å². The van der Waals surface area contributed by atoms with Crippen LogP contribution in [0.1, 0.15) is 85.0 Å². The fourth-order valence-electron chi connectivity index (χ4n) is 4.85. The maximum Gasteiger partial charge on any atom is 0.0683 e. The lowest BCUT2D eigenvalue weighted by Crippen LogP contribution is -2.42. The van der Waals surface area contributed by atoms with Gasteiger partial charge in [-0.05, 0) is 50.6 Å². The van der Waals surface area contributed by atoms with Crippen LogP contribution in [-0.2, 0) is 0 Å². The molecule has 2 rings (SSSR count). The van der Waals surface area contributed by atoms with E-state index in [1.807, 2.05) is 0 Å². The fourth-order valence-corrected chi connectivity index (χ4v) is 4.85. The number of nitrogens with zero attached hydrogens (tertiary/aromatic N) is 2. The number of rotatable bonds is 10. The molecule has 154 valence electrons. The Morgan fingerprint density at radius 3 is 2.35 bits per heavy atom. The fraction of sp³-hybridized carbons (Fsp3) is 1.00. The largest absolute Gasteiger partial charge is 0.395 e. The van der Waals surface area contributed by atoms with Crippen LogP contribution in [0.25, 0.3) is 0 Å². The van der Waals surface area contributed by atoms with Crippen molar-refractivity contribution in [3.63, 3.8) is 0 Å². The first kappa shape index (κ1) is 22.1. The normalized spacial score (nSPS) is 26.1. The van der Waals surface area contributed by atoms with Crippen LogP contribution < -0.4 is 0 Å². The molecule has 0 aromatic carbocycles. The summed E-state index contributed by atoms with van der Waals surface area (Å²) in [6.07, 6.45) is 12.6. The van der Waals surface area contributed by atoms with Crippen molar-refractivity contribution in [2.24, 2.45) is 5.41 Å². The first-order valence-electron chi connectivity index (χ1n) is 11.2. The van der Waals surface area contributed by atoms with Gasteiger partial charge < -0.3 is 10.2 Å². The van der Waals surface area contributed by atoms with Crippen LogP contribution >= 0.6 is 0 Å². The Morgan fingerprint density at radius 1 is 1.00 bits per heavy atom. The molecule has 0 bridgehead atoms. The van der Waals surface area contributed by atoms with Gasteiger partial charge in [-0.1, -0.05) is 52.9 Å². The second kappa shape index (κ2) is 11.0. The van der Waals surface area contributed by atoms with Crippen molar-refractivity contribution >= 4 is 0 Å². The third-order valence-corrected chi connectivity index (χ3v) is 6.13. The maximum absolute atomic E-state index is 9.76. The van der Waals surface area contributed by atoms with Crippen molar-refractivity contribution < 1.29 is 10.2 Å². The molecule has 1 saturated carbocycles. The molecule has 4 nitrogen and oxygen atoms in total. The second-order valence-corrected chi connectivity index (χ2v) is 9.96. The Hall–Kier alpha value is -0.160. The Balaban J connectivity index is 1.64. The maximum atomic E-state index is 9.76. The quantitative estimate of drug-likeness (QED) is 0.578. The molecule has 2 unspecified atom stereocenters. The Labute approximate surface area is 161 Å². The van der Waals surface area contributed by atoms with Gasteiger partial charge in [0.15, 0.2) is 0 Å². The molecular formula is C22H44N2O2. The molecule has 0 amide bonds. The van der Waals surface area contributed by atoms with Gasteiger partial charge in [-0.3, -0.25) is 9.80 Å². The number of aliphatic hydroxyl groups is 2. The van der Waals surface area contributed by atoms with E-state index in [0.29, 0.717) is 5.41 Å². The van der Waals surface area contributed by atoms with E-state index in [0.717, 1.165) is 25.6 Å². The van der Waals surface area contributed by atoms with Gasteiger partial charge in [-0.25, -0.2) is 0 Å². The van der Waals surface area contributed by atoms with E-state index in [2.05, 4.69) is 30.6 Å². The molecule has 1 heterocycles. The van der Waals surface area contributed by atoms with Crippen molar-refractivity contribution in [2.75, 3.05) is 32.8 Å². The Bertz CT molecular complexity index is 377. The number of unbranched alkanes of at least 4 members (excludes halogenated alkanes) is 3. The van der Waals surface area contributed by atoms with E-state index in [4.69, 9.17) is 0 Å². The van der Waals surface area contributed by atoms with Gasteiger partial charge in [-0.15, -0.1) is 0 Å². The molecule has 4 heteroatoms. The third-order valence-electron chi connectivity index (χ3n) is 6.13. The van der Waals surface area contributed by atoms with Gasteiger partial charge in [0, 0.05) is 25.2 Å². The van der Waals surface area contributed by atoms with E-state index < -0.39 is 0 Å². The average molecular weight is 369 g/mol. The molecule has 0 spiro atoms. The summed E-state index contributed by atoms with van der Waals surface area (Å²) in [6.45, 7) is 11.5. The summed E-state index contributed by atoms with van der Waals surface area (Å²) in [4.78, 5) is 5.07. The number of hydrogen-bond acceptors (Lipinski definition) is 4. The zero-order valence-corrected chi connectivity index (χ0v) is 17.6. The van der Waals surface area contributed by atoms with E-state index in [-0.39, 0.29) is 18.8 Å². The molecule has 0 radical (unpaired) electrons. The summed E-state index contributed by atoms with van der Waals surface area (Å²) in [5, 5.41) is 19.2. The lowest BCUT2D eigenvalue weighted by Gasteiger charge is -2.38. The number of likely N-dealkylation sites (tertiary alicyclic amines) is 1. The molecule has 2 N–H and O–H groups in total. The summed E-state index contributed by atoms with van der Waals surface area (Å²) in [5.41, 5.74) is 0.382. The highest BCUT2D eigenvalue weighted by molar-refractivity contribution is 4.84. The van der Waals surface area contributed by atoms with Gasteiger partial charge >= 0.3 is 0 Å². The predicted octanol–water partition coefficient (Wildman–Crippen LogP) is 3.66. The van der Waals surface area contributed by atoms with Crippen LogP contribution in [0.4, 0.5) is 0 Å². The average Bonchev–Trinajstić information content (AvgIpc) is 2.96. The van der Waals surface area contributed by atoms with Gasteiger partial charge in [-0.2, -0.15) is 0 Å². The van der Waals surface area contributed by atoms with Crippen LogP contribution in [0.3, 0.4) is 0 Å². The molecule has 2 atom stereocenters. The summed E-state index contributed by atoms with van der Waals surface area (Å²) in [7, 11) is 0. The molecule has 26 heavy (non-hydrogen) atoms. The first-order chi connectivity index (χ1) is 12.4. The Morgan fingerprint density at radius 2 is 1.69 bits per heavy atom. The molecular weight excluding hydrogens is 324 g/mol. The minimum atomic E-state index is -0.242. The second-order valence-electron chi connectivity index (χ2n) is 9.96. The van der Waals surface area contributed by atoms with Crippen molar-refractivity contribution in [3.05, 3.63) is 0 Å². The third kappa shape index (κ3) is 7.84. The standard InChI is InChI=1S/C22H44N2O2/c1-22(2,3)18-24(19-11-7-6-8-12-19)14-10-5-4-9-13-23-16-21(26)15-20(23)17-25/h19-21,25-26H,4-18H2,1-3H3. The summed E-state index contributed by atoms with van der Waals surface area (Å²) in [6, 6.07) is 0.998. The summed E-state index contributed by atoms with van der Waals surface area (Å²) < 4.78 is 0. The topological polar surface area (TPSA) is 46.9 Å². The van der Waals surface area contributed by atoms with E-state index in [1.54, 1.807) is 0 Å². The minimum absolute atomic E-state index is 0.179. The highest BCUT2D eigenvalue weighted by Crippen LogP contribution is 2.26. The zero-order chi connectivity index (χ0) is 19.0. The van der Waals surface area contributed by atoms with Crippen LogP contribution in [0.2, 0.25) is 0 Å². The summed E-state index contributed by atoms with van der Waals surface area (Å²) >= 11 is 0. The molecule has 0 aromatic rings. The molecule has 1 aliphatic carbocycles. The Kier molecular flexibility index (Phi) is 9.36. The van der Waals surface area contributed by atoms with E-state index >= 15 is 0 Å². The molecule has 1 aliphatic heterocycles. The lowest BCUT2D eigenvalue weighted by molar-refractivity contribution is 0.108. The first-order valence-corrected chi connectivity index (χ1v) is 11.2.